The SMILES string of the molecule is CC([NH])CCCCCCCCc1ccc(C2CCCCC2)cc1. The first-order valence-corrected chi connectivity index (χ1v) is 10.1. The molecule has 1 saturated carbocycles. The largest absolute Gasteiger partial charge is 0.255 e. The van der Waals surface area contributed by atoms with E-state index in [-0.39, 0.29) is 6.04 Å². The van der Waals surface area contributed by atoms with Crippen molar-refractivity contribution in [1.29, 1.82) is 0 Å². The van der Waals surface area contributed by atoms with Gasteiger partial charge in [0.2, 0.25) is 0 Å². The minimum Gasteiger partial charge on any atom is -0.255 e. The second kappa shape index (κ2) is 10.9. The molecule has 1 aliphatic rings. The van der Waals surface area contributed by atoms with Gasteiger partial charge in [0.25, 0.3) is 0 Å². The van der Waals surface area contributed by atoms with E-state index < -0.39 is 0 Å². The third-order valence-corrected chi connectivity index (χ3v) is 5.41. The predicted molar refractivity (Wildman–Crippen MR) is 101 cm³/mol. The van der Waals surface area contributed by atoms with Crippen molar-refractivity contribution in [1.82, 2.24) is 5.73 Å². The molecule has 1 atom stereocenters. The number of rotatable bonds is 10. The summed E-state index contributed by atoms with van der Waals surface area (Å²) in [6.45, 7) is 2.00. The third-order valence-electron chi connectivity index (χ3n) is 5.41. The van der Waals surface area contributed by atoms with E-state index in [2.05, 4.69) is 24.3 Å². The van der Waals surface area contributed by atoms with Crippen molar-refractivity contribution < 1.29 is 0 Å². The highest BCUT2D eigenvalue weighted by molar-refractivity contribution is 5.25. The maximum Gasteiger partial charge on any atom is 0.0184 e. The van der Waals surface area contributed by atoms with Gasteiger partial charge in [0.15, 0.2) is 0 Å². The molecule has 0 heterocycles. The van der Waals surface area contributed by atoms with Crippen LogP contribution in [0.5, 0.6) is 0 Å². The average molecular weight is 315 g/mol. The Balaban J connectivity index is 1.55. The van der Waals surface area contributed by atoms with Crippen LogP contribution in [0, 0.1) is 0 Å². The molecule has 0 saturated heterocycles. The molecule has 1 fully saturated rings. The van der Waals surface area contributed by atoms with Crippen molar-refractivity contribution in [2.45, 2.75) is 102 Å². The lowest BCUT2D eigenvalue weighted by molar-refractivity contribution is 0.443. The Morgan fingerprint density at radius 2 is 1.48 bits per heavy atom. The van der Waals surface area contributed by atoms with Gasteiger partial charge in [-0.15, -0.1) is 0 Å². The highest BCUT2D eigenvalue weighted by Crippen LogP contribution is 2.32. The van der Waals surface area contributed by atoms with E-state index in [4.69, 9.17) is 5.73 Å². The van der Waals surface area contributed by atoms with Crippen LogP contribution < -0.4 is 5.73 Å². The van der Waals surface area contributed by atoms with E-state index in [0.717, 1.165) is 12.3 Å². The maximum absolute atomic E-state index is 7.50. The second-order valence-electron chi connectivity index (χ2n) is 7.64. The molecule has 0 spiro atoms. The van der Waals surface area contributed by atoms with Crippen LogP contribution in [-0.4, -0.2) is 6.04 Å². The highest BCUT2D eigenvalue weighted by atomic mass is 14.6. The van der Waals surface area contributed by atoms with Crippen molar-refractivity contribution in [2.75, 3.05) is 0 Å². The van der Waals surface area contributed by atoms with Gasteiger partial charge in [-0.1, -0.05) is 75.6 Å². The van der Waals surface area contributed by atoms with Gasteiger partial charge in [-0.3, -0.25) is 5.73 Å². The number of aryl methyl sites for hydroxylation is 1. The van der Waals surface area contributed by atoms with Gasteiger partial charge < -0.3 is 0 Å². The lowest BCUT2D eigenvalue weighted by Gasteiger charge is -2.22. The van der Waals surface area contributed by atoms with Gasteiger partial charge >= 0.3 is 0 Å². The zero-order valence-corrected chi connectivity index (χ0v) is 15.2. The molecule has 1 nitrogen and oxygen atoms in total. The Morgan fingerprint density at radius 3 is 2.13 bits per heavy atom. The van der Waals surface area contributed by atoms with E-state index in [1.165, 1.54) is 82.6 Å². The summed E-state index contributed by atoms with van der Waals surface area (Å²) in [7, 11) is 0. The topological polar surface area (TPSA) is 23.8 Å². The molecular formula is C22H36N. The second-order valence-corrected chi connectivity index (χ2v) is 7.64. The Morgan fingerprint density at radius 1 is 0.870 bits per heavy atom. The molecule has 1 unspecified atom stereocenters. The van der Waals surface area contributed by atoms with Crippen LogP contribution in [0.15, 0.2) is 24.3 Å². The highest BCUT2D eigenvalue weighted by Gasteiger charge is 2.14. The molecule has 23 heavy (non-hydrogen) atoms. The molecule has 1 aromatic rings. The van der Waals surface area contributed by atoms with Gasteiger partial charge in [-0.05, 0) is 56.1 Å². The van der Waals surface area contributed by atoms with Crippen LogP contribution in [0.25, 0.3) is 0 Å². The summed E-state index contributed by atoms with van der Waals surface area (Å²) in [5, 5.41) is 0. The Kier molecular flexibility index (Phi) is 8.74. The van der Waals surface area contributed by atoms with E-state index in [9.17, 15) is 0 Å². The van der Waals surface area contributed by atoms with E-state index in [1.807, 2.05) is 6.92 Å². The summed E-state index contributed by atoms with van der Waals surface area (Å²) >= 11 is 0. The fourth-order valence-corrected chi connectivity index (χ4v) is 3.88. The Labute approximate surface area is 144 Å². The van der Waals surface area contributed by atoms with Crippen LogP contribution in [0.3, 0.4) is 0 Å². The number of nitrogens with one attached hydrogen (secondary N) is 1. The molecule has 2 rings (SSSR count). The summed E-state index contributed by atoms with van der Waals surface area (Å²) in [6, 6.07) is 9.67. The lowest BCUT2D eigenvalue weighted by Crippen LogP contribution is -2.04. The summed E-state index contributed by atoms with van der Waals surface area (Å²) in [6.07, 6.45) is 17.4. The normalized spacial score (nSPS) is 17.3. The number of benzene rings is 1. The van der Waals surface area contributed by atoms with Gasteiger partial charge in [-0.25, -0.2) is 0 Å². The number of hydrogen-bond donors (Lipinski definition) is 0. The standard InChI is InChI=1S/C22H36N/c1-19(23)11-7-4-2-3-5-8-12-20-15-17-22(18-16-20)21-13-9-6-10-14-21/h15-19,21,23H,2-14H2,1H3. The summed E-state index contributed by atoms with van der Waals surface area (Å²) in [5.74, 6) is 0.837. The molecule has 1 N–H and O–H groups in total. The van der Waals surface area contributed by atoms with Crippen LogP contribution in [0.4, 0.5) is 0 Å². The van der Waals surface area contributed by atoms with E-state index in [0.29, 0.717) is 0 Å². The van der Waals surface area contributed by atoms with Crippen molar-refractivity contribution in [3.05, 3.63) is 35.4 Å². The minimum absolute atomic E-state index is 0.131. The first-order chi connectivity index (χ1) is 11.3. The molecule has 129 valence electrons. The molecule has 0 aromatic heterocycles. The molecule has 1 heteroatoms. The first-order valence-electron chi connectivity index (χ1n) is 10.1. The third kappa shape index (κ3) is 7.52. The smallest absolute Gasteiger partial charge is 0.0184 e. The molecule has 1 radical (unpaired) electrons. The van der Waals surface area contributed by atoms with Crippen LogP contribution in [0.2, 0.25) is 0 Å². The fraction of sp³-hybridized carbons (Fsp3) is 0.727. The fourth-order valence-electron chi connectivity index (χ4n) is 3.88. The monoisotopic (exact) mass is 314 g/mol. The quantitative estimate of drug-likeness (QED) is 0.430. The minimum atomic E-state index is 0.131. The molecule has 1 aliphatic carbocycles. The summed E-state index contributed by atoms with van der Waals surface area (Å²) in [5.41, 5.74) is 10.6. The van der Waals surface area contributed by atoms with Gasteiger partial charge in [0, 0.05) is 6.04 Å². The number of hydrogen-bond acceptors (Lipinski definition) is 0. The average Bonchev–Trinajstić information content (AvgIpc) is 2.58. The Hall–Kier alpha value is -0.820. The van der Waals surface area contributed by atoms with Gasteiger partial charge in [-0.2, -0.15) is 0 Å². The Bertz CT molecular complexity index is 400. The van der Waals surface area contributed by atoms with Crippen LogP contribution in [0.1, 0.15) is 101 Å². The molecule has 0 aliphatic heterocycles. The lowest BCUT2D eigenvalue weighted by atomic mass is 9.84. The van der Waals surface area contributed by atoms with Gasteiger partial charge in [0.05, 0.1) is 0 Å². The maximum atomic E-state index is 7.50. The molecular weight excluding hydrogens is 278 g/mol. The van der Waals surface area contributed by atoms with E-state index in [1.54, 1.807) is 5.56 Å². The number of unbranched alkanes of at least 4 members (excludes halogenated alkanes) is 5. The summed E-state index contributed by atoms with van der Waals surface area (Å²) < 4.78 is 0. The zero-order chi connectivity index (χ0) is 16.3. The van der Waals surface area contributed by atoms with Crippen molar-refractivity contribution in [3.8, 4) is 0 Å². The van der Waals surface area contributed by atoms with E-state index >= 15 is 0 Å². The van der Waals surface area contributed by atoms with Crippen LogP contribution >= 0.6 is 0 Å². The molecule has 1 aromatic carbocycles. The van der Waals surface area contributed by atoms with Crippen LogP contribution in [-0.2, 0) is 6.42 Å². The summed E-state index contributed by atoms with van der Waals surface area (Å²) in [4.78, 5) is 0. The first kappa shape index (κ1) is 18.5. The zero-order valence-electron chi connectivity index (χ0n) is 15.2. The van der Waals surface area contributed by atoms with Crippen molar-refractivity contribution in [3.63, 3.8) is 0 Å². The van der Waals surface area contributed by atoms with Crippen molar-refractivity contribution in [2.24, 2.45) is 0 Å². The molecule has 0 amide bonds. The predicted octanol–water partition coefficient (Wildman–Crippen LogP) is 6.68. The van der Waals surface area contributed by atoms with Crippen molar-refractivity contribution >= 4 is 0 Å². The molecule has 0 bridgehead atoms. The van der Waals surface area contributed by atoms with Gasteiger partial charge in [0.1, 0.15) is 0 Å².